The fraction of sp³-hybridized carbons (Fsp3) is 0.647. The van der Waals surface area contributed by atoms with Crippen molar-refractivity contribution in [1.29, 1.82) is 0 Å². The molecule has 3 heterocycles. The molecule has 2 aliphatic heterocycles. The maximum atomic E-state index is 12.7. The number of nitrogens with zero attached hydrogens (tertiary/aromatic N) is 4. The molecular weight excluding hydrogens is 324 g/mol. The molecule has 8 heteroatoms. The first-order valence-corrected chi connectivity index (χ1v) is 8.65. The van der Waals surface area contributed by atoms with E-state index < -0.39 is 0 Å². The molecule has 3 rings (SSSR count). The van der Waals surface area contributed by atoms with Gasteiger partial charge in [0.1, 0.15) is 6.10 Å². The van der Waals surface area contributed by atoms with E-state index in [4.69, 9.17) is 9.47 Å². The predicted molar refractivity (Wildman–Crippen MR) is 89.2 cm³/mol. The second-order valence-electron chi connectivity index (χ2n) is 6.51. The van der Waals surface area contributed by atoms with Crippen LogP contribution in [0.4, 0.5) is 0 Å². The number of ether oxygens (including phenoxy) is 2. The summed E-state index contributed by atoms with van der Waals surface area (Å²) < 4.78 is 10.8. The summed E-state index contributed by atoms with van der Waals surface area (Å²) >= 11 is 0. The molecule has 0 N–H and O–H groups in total. The van der Waals surface area contributed by atoms with Crippen LogP contribution in [0.15, 0.2) is 12.1 Å². The van der Waals surface area contributed by atoms with Crippen molar-refractivity contribution in [1.82, 2.24) is 20.0 Å². The van der Waals surface area contributed by atoms with Crippen LogP contribution in [0.5, 0.6) is 11.8 Å². The molecule has 1 aromatic rings. The van der Waals surface area contributed by atoms with Gasteiger partial charge in [-0.3, -0.25) is 9.59 Å². The molecule has 0 saturated carbocycles. The molecule has 25 heavy (non-hydrogen) atoms. The van der Waals surface area contributed by atoms with Gasteiger partial charge in [-0.15, -0.1) is 10.2 Å². The SMILES string of the molecule is COc1ccc(OC2CCN(C(=O)C3CCN(C(C)=O)CC3)C2)nn1. The highest BCUT2D eigenvalue weighted by Gasteiger charge is 2.34. The lowest BCUT2D eigenvalue weighted by atomic mass is 9.95. The summed E-state index contributed by atoms with van der Waals surface area (Å²) in [7, 11) is 1.53. The lowest BCUT2D eigenvalue weighted by molar-refractivity contribution is -0.139. The molecule has 1 atom stereocenters. The van der Waals surface area contributed by atoms with Crippen molar-refractivity contribution < 1.29 is 19.1 Å². The van der Waals surface area contributed by atoms with Crippen LogP contribution in [0, 0.1) is 5.92 Å². The van der Waals surface area contributed by atoms with E-state index in [1.54, 1.807) is 19.1 Å². The van der Waals surface area contributed by atoms with E-state index in [2.05, 4.69) is 10.2 Å². The smallest absolute Gasteiger partial charge is 0.233 e. The normalized spacial score (nSPS) is 21.3. The summed E-state index contributed by atoms with van der Waals surface area (Å²) in [6.45, 7) is 4.17. The van der Waals surface area contributed by atoms with E-state index in [1.807, 2.05) is 9.80 Å². The van der Waals surface area contributed by atoms with Gasteiger partial charge in [-0.25, -0.2) is 0 Å². The Kier molecular flexibility index (Phi) is 5.35. The summed E-state index contributed by atoms with van der Waals surface area (Å²) in [6.07, 6.45) is 2.20. The molecule has 0 aromatic carbocycles. The van der Waals surface area contributed by atoms with Crippen LogP contribution in [0.1, 0.15) is 26.2 Å². The zero-order valence-corrected chi connectivity index (χ0v) is 14.7. The molecule has 0 radical (unpaired) electrons. The predicted octanol–water partition coefficient (Wildman–Crippen LogP) is 0.723. The number of methoxy groups -OCH3 is 1. The zero-order chi connectivity index (χ0) is 17.8. The lowest BCUT2D eigenvalue weighted by Crippen LogP contribution is -2.43. The number of hydrogen-bond acceptors (Lipinski definition) is 6. The molecule has 1 aromatic heterocycles. The van der Waals surface area contributed by atoms with Crippen LogP contribution < -0.4 is 9.47 Å². The molecule has 136 valence electrons. The van der Waals surface area contributed by atoms with E-state index in [0.717, 1.165) is 19.3 Å². The minimum absolute atomic E-state index is 0.00938. The quantitative estimate of drug-likeness (QED) is 0.797. The fourth-order valence-corrected chi connectivity index (χ4v) is 3.37. The molecule has 0 aliphatic carbocycles. The molecule has 1 unspecified atom stereocenters. The molecule has 8 nitrogen and oxygen atoms in total. The first kappa shape index (κ1) is 17.4. The Labute approximate surface area is 147 Å². The van der Waals surface area contributed by atoms with E-state index in [-0.39, 0.29) is 23.8 Å². The molecule has 2 saturated heterocycles. The maximum absolute atomic E-state index is 12.7. The Bertz CT molecular complexity index is 614. The van der Waals surface area contributed by atoms with Gasteiger partial charge in [-0.2, -0.15) is 0 Å². The van der Waals surface area contributed by atoms with E-state index >= 15 is 0 Å². The van der Waals surface area contributed by atoms with Gasteiger partial charge in [0.2, 0.25) is 23.6 Å². The highest BCUT2D eigenvalue weighted by atomic mass is 16.5. The number of amides is 2. The summed E-state index contributed by atoms with van der Waals surface area (Å²) in [5, 5.41) is 7.84. The fourth-order valence-electron chi connectivity index (χ4n) is 3.37. The number of hydrogen-bond donors (Lipinski definition) is 0. The maximum Gasteiger partial charge on any atom is 0.233 e. The summed E-state index contributed by atoms with van der Waals surface area (Å²) in [5.41, 5.74) is 0. The van der Waals surface area contributed by atoms with Gasteiger partial charge < -0.3 is 19.3 Å². The number of carbonyl (C=O) groups is 2. The zero-order valence-electron chi connectivity index (χ0n) is 14.7. The van der Waals surface area contributed by atoms with Crippen molar-refractivity contribution in [3.63, 3.8) is 0 Å². The molecular formula is C17H24N4O4. The van der Waals surface area contributed by atoms with Gasteiger partial charge in [0.05, 0.1) is 13.7 Å². The molecule has 0 bridgehead atoms. The Balaban J connectivity index is 1.48. The second-order valence-corrected chi connectivity index (χ2v) is 6.51. The average Bonchev–Trinajstić information content (AvgIpc) is 3.10. The summed E-state index contributed by atoms with van der Waals surface area (Å²) in [5.74, 6) is 1.15. The van der Waals surface area contributed by atoms with Gasteiger partial charge in [0.15, 0.2) is 0 Å². The number of carbonyl (C=O) groups excluding carboxylic acids is 2. The van der Waals surface area contributed by atoms with Gasteiger partial charge in [-0.1, -0.05) is 0 Å². The van der Waals surface area contributed by atoms with E-state index in [9.17, 15) is 9.59 Å². The van der Waals surface area contributed by atoms with Crippen LogP contribution >= 0.6 is 0 Å². The Hall–Kier alpha value is -2.38. The topological polar surface area (TPSA) is 84.9 Å². The standard InChI is InChI=1S/C17H24N4O4/c1-12(22)20-8-5-13(6-9-20)17(23)21-10-7-14(11-21)25-16-4-3-15(24-2)18-19-16/h3-4,13-14H,5-11H2,1-2H3. The van der Waals surface area contributed by atoms with Crippen LogP contribution in [0.3, 0.4) is 0 Å². The van der Waals surface area contributed by atoms with Gasteiger partial charge in [-0.05, 0) is 12.8 Å². The van der Waals surface area contributed by atoms with Gasteiger partial charge >= 0.3 is 0 Å². The van der Waals surface area contributed by atoms with E-state index in [1.165, 1.54) is 7.11 Å². The highest BCUT2D eigenvalue weighted by Crippen LogP contribution is 2.24. The van der Waals surface area contributed by atoms with Crippen molar-refractivity contribution in [2.45, 2.75) is 32.3 Å². The first-order valence-electron chi connectivity index (χ1n) is 8.65. The third-order valence-electron chi connectivity index (χ3n) is 4.86. The minimum Gasteiger partial charge on any atom is -0.480 e. The van der Waals surface area contributed by atoms with Crippen molar-refractivity contribution in [2.24, 2.45) is 5.92 Å². The summed E-state index contributed by atoms with van der Waals surface area (Å²) in [6, 6.07) is 3.41. The minimum atomic E-state index is -0.0658. The number of aromatic nitrogens is 2. The van der Waals surface area contributed by atoms with Crippen molar-refractivity contribution >= 4 is 11.8 Å². The third kappa shape index (κ3) is 4.18. The molecule has 2 aliphatic rings. The van der Waals surface area contributed by atoms with Crippen molar-refractivity contribution in [3.8, 4) is 11.8 Å². The van der Waals surface area contributed by atoms with Gasteiger partial charge in [0.25, 0.3) is 0 Å². The van der Waals surface area contributed by atoms with Crippen LogP contribution in [0.2, 0.25) is 0 Å². The number of piperidine rings is 1. The van der Waals surface area contributed by atoms with Gasteiger partial charge in [0, 0.05) is 51.0 Å². The summed E-state index contributed by atoms with van der Waals surface area (Å²) in [4.78, 5) is 27.7. The lowest BCUT2D eigenvalue weighted by Gasteiger charge is -2.32. The largest absolute Gasteiger partial charge is 0.480 e. The van der Waals surface area contributed by atoms with E-state index in [0.29, 0.717) is 37.9 Å². The Morgan fingerprint density at radius 2 is 1.68 bits per heavy atom. The van der Waals surface area contributed by atoms with Crippen molar-refractivity contribution in [3.05, 3.63) is 12.1 Å². The third-order valence-corrected chi connectivity index (χ3v) is 4.86. The average molecular weight is 348 g/mol. The monoisotopic (exact) mass is 348 g/mol. The number of likely N-dealkylation sites (tertiary alicyclic amines) is 2. The molecule has 2 amide bonds. The molecule has 0 spiro atoms. The highest BCUT2D eigenvalue weighted by molar-refractivity contribution is 5.80. The second kappa shape index (κ2) is 7.67. The first-order chi connectivity index (χ1) is 12.1. The number of rotatable bonds is 4. The molecule has 2 fully saturated rings. The van der Waals surface area contributed by atoms with Crippen molar-refractivity contribution in [2.75, 3.05) is 33.3 Å². The van der Waals surface area contributed by atoms with Crippen LogP contribution in [-0.4, -0.2) is 71.2 Å². The van der Waals surface area contributed by atoms with Crippen LogP contribution in [-0.2, 0) is 9.59 Å². The Morgan fingerprint density at radius 3 is 2.28 bits per heavy atom. The Morgan fingerprint density at radius 1 is 1.04 bits per heavy atom. The van der Waals surface area contributed by atoms with Crippen LogP contribution in [0.25, 0.3) is 0 Å².